The van der Waals surface area contributed by atoms with E-state index in [2.05, 4.69) is 36.2 Å². The molecule has 4 nitrogen and oxygen atoms in total. The molecule has 17 heavy (non-hydrogen) atoms. The third kappa shape index (κ3) is 3.98. The van der Waals surface area contributed by atoms with Crippen molar-refractivity contribution in [2.45, 2.75) is 33.9 Å². The third-order valence-electron chi connectivity index (χ3n) is 2.79. The largest absolute Gasteiger partial charge is 0.316 e. The summed E-state index contributed by atoms with van der Waals surface area (Å²) in [6.07, 6.45) is 0. The van der Waals surface area contributed by atoms with Crippen LogP contribution in [0.15, 0.2) is 0 Å². The Balaban J connectivity index is 2.60. The molecule has 5 heteroatoms. The molecule has 0 unspecified atom stereocenters. The Morgan fingerprint density at radius 1 is 1.41 bits per heavy atom. The fourth-order valence-corrected chi connectivity index (χ4v) is 2.00. The van der Waals surface area contributed by atoms with Crippen LogP contribution in [0.2, 0.25) is 5.02 Å². The van der Waals surface area contributed by atoms with Crippen molar-refractivity contribution in [3.8, 4) is 0 Å². The highest BCUT2D eigenvalue weighted by atomic mass is 35.5. The van der Waals surface area contributed by atoms with Crippen LogP contribution in [0.5, 0.6) is 0 Å². The summed E-state index contributed by atoms with van der Waals surface area (Å²) in [6.45, 7) is 10.9. The van der Waals surface area contributed by atoms with E-state index in [0.717, 1.165) is 49.1 Å². The standard InChI is InChI=1S/C12H23ClN4/c1-5-14-7-8-16(4)9-11-12(13)10(3)15-17(11)6-2/h14H,5-9H2,1-4H3. The van der Waals surface area contributed by atoms with E-state index in [1.165, 1.54) is 0 Å². The zero-order valence-electron chi connectivity index (χ0n) is 11.3. The van der Waals surface area contributed by atoms with Gasteiger partial charge in [-0.25, -0.2) is 0 Å². The zero-order valence-corrected chi connectivity index (χ0v) is 12.0. The lowest BCUT2D eigenvalue weighted by molar-refractivity contribution is 0.314. The smallest absolute Gasteiger partial charge is 0.0860 e. The molecule has 1 heterocycles. The highest BCUT2D eigenvalue weighted by molar-refractivity contribution is 6.31. The van der Waals surface area contributed by atoms with Crippen molar-refractivity contribution >= 4 is 11.6 Å². The first-order chi connectivity index (χ1) is 8.10. The second-order valence-electron chi connectivity index (χ2n) is 4.25. The minimum Gasteiger partial charge on any atom is -0.316 e. The molecule has 0 aromatic carbocycles. The van der Waals surface area contributed by atoms with Crippen LogP contribution in [-0.4, -0.2) is 41.4 Å². The summed E-state index contributed by atoms with van der Waals surface area (Å²) in [4.78, 5) is 2.26. The molecular weight excluding hydrogens is 236 g/mol. The van der Waals surface area contributed by atoms with E-state index in [9.17, 15) is 0 Å². The lowest BCUT2D eigenvalue weighted by atomic mass is 10.3. The molecular formula is C12H23ClN4. The number of rotatable bonds is 7. The first kappa shape index (κ1) is 14.5. The van der Waals surface area contributed by atoms with Crippen molar-refractivity contribution in [3.63, 3.8) is 0 Å². The summed E-state index contributed by atoms with van der Waals surface area (Å²) >= 11 is 6.27. The van der Waals surface area contributed by atoms with Crippen LogP contribution in [0.25, 0.3) is 0 Å². The van der Waals surface area contributed by atoms with Crippen LogP contribution >= 0.6 is 11.6 Å². The quantitative estimate of drug-likeness (QED) is 0.759. The third-order valence-corrected chi connectivity index (χ3v) is 3.28. The Bertz CT molecular complexity index is 349. The van der Waals surface area contributed by atoms with Crippen molar-refractivity contribution in [2.24, 2.45) is 0 Å². The van der Waals surface area contributed by atoms with E-state index < -0.39 is 0 Å². The van der Waals surface area contributed by atoms with Gasteiger partial charge in [0, 0.05) is 26.2 Å². The Morgan fingerprint density at radius 3 is 2.71 bits per heavy atom. The first-order valence-electron chi connectivity index (χ1n) is 6.21. The average molecular weight is 259 g/mol. The topological polar surface area (TPSA) is 33.1 Å². The molecule has 0 aliphatic rings. The fraction of sp³-hybridized carbons (Fsp3) is 0.750. The summed E-state index contributed by atoms with van der Waals surface area (Å²) in [7, 11) is 2.11. The lowest BCUT2D eigenvalue weighted by Crippen LogP contribution is -2.29. The van der Waals surface area contributed by atoms with Crippen LogP contribution in [0.4, 0.5) is 0 Å². The van der Waals surface area contributed by atoms with Gasteiger partial charge >= 0.3 is 0 Å². The summed E-state index contributed by atoms with van der Waals surface area (Å²) in [5.41, 5.74) is 2.04. The van der Waals surface area contributed by atoms with Crippen molar-refractivity contribution in [2.75, 3.05) is 26.7 Å². The Morgan fingerprint density at radius 2 is 2.12 bits per heavy atom. The molecule has 0 atom stereocenters. The van der Waals surface area contributed by atoms with E-state index in [4.69, 9.17) is 11.6 Å². The zero-order chi connectivity index (χ0) is 12.8. The predicted octanol–water partition coefficient (Wildman–Crippen LogP) is 1.91. The van der Waals surface area contributed by atoms with Gasteiger partial charge in [0.2, 0.25) is 0 Å². The van der Waals surface area contributed by atoms with Crippen LogP contribution in [0, 0.1) is 6.92 Å². The van der Waals surface area contributed by atoms with Crippen molar-refractivity contribution < 1.29 is 0 Å². The molecule has 1 aromatic rings. The van der Waals surface area contributed by atoms with Gasteiger partial charge in [0.05, 0.1) is 16.4 Å². The minimum absolute atomic E-state index is 0.808. The summed E-state index contributed by atoms with van der Waals surface area (Å²) in [5.74, 6) is 0. The molecule has 0 bridgehead atoms. The maximum Gasteiger partial charge on any atom is 0.0860 e. The summed E-state index contributed by atoms with van der Waals surface area (Å²) < 4.78 is 1.99. The van der Waals surface area contributed by atoms with E-state index in [1.54, 1.807) is 0 Å². The Labute approximate surface area is 109 Å². The normalized spacial score (nSPS) is 11.4. The van der Waals surface area contributed by atoms with Crippen LogP contribution in [0.3, 0.4) is 0 Å². The first-order valence-corrected chi connectivity index (χ1v) is 6.58. The highest BCUT2D eigenvalue weighted by Gasteiger charge is 2.13. The molecule has 0 amide bonds. The molecule has 0 aliphatic carbocycles. The molecule has 0 saturated heterocycles. The number of nitrogens with zero attached hydrogens (tertiary/aromatic N) is 3. The molecule has 0 radical (unpaired) electrons. The van der Waals surface area contributed by atoms with Gasteiger partial charge in [-0.2, -0.15) is 5.10 Å². The fourth-order valence-electron chi connectivity index (χ4n) is 1.80. The minimum atomic E-state index is 0.808. The second-order valence-corrected chi connectivity index (χ2v) is 4.63. The predicted molar refractivity (Wildman–Crippen MR) is 72.5 cm³/mol. The highest BCUT2D eigenvalue weighted by Crippen LogP contribution is 2.21. The summed E-state index contributed by atoms with van der Waals surface area (Å²) in [6, 6.07) is 0. The monoisotopic (exact) mass is 258 g/mol. The van der Waals surface area contributed by atoms with Gasteiger partial charge in [0.1, 0.15) is 0 Å². The molecule has 1 aromatic heterocycles. The average Bonchev–Trinajstić information content (AvgIpc) is 2.57. The van der Waals surface area contributed by atoms with Crippen molar-refractivity contribution in [1.82, 2.24) is 20.0 Å². The van der Waals surface area contributed by atoms with Crippen molar-refractivity contribution in [1.29, 1.82) is 0 Å². The van der Waals surface area contributed by atoms with E-state index in [0.29, 0.717) is 0 Å². The molecule has 0 fully saturated rings. The summed E-state index contributed by atoms with van der Waals surface area (Å²) in [5, 5.41) is 8.54. The van der Waals surface area contributed by atoms with E-state index in [1.807, 2.05) is 11.6 Å². The van der Waals surface area contributed by atoms with Crippen molar-refractivity contribution in [3.05, 3.63) is 16.4 Å². The van der Waals surface area contributed by atoms with Crippen LogP contribution < -0.4 is 5.32 Å². The van der Waals surface area contributed by atoms with Gasteiger partial charge in [-0.15, -0.1) is 0 Å². The number of hydrogen-bond donors (Lipinski definition) is 1. The SMILES string of the molecule is CCNCCN(C)Cc1c(Cl)c(C)nn1CC. The Hall–Kier alpha value is -0.580. The van der Waals surface area contributed by atoms with Gasteiger partial charge in [-0.1, -0.05) is 18.5 Å². The second kappa shape index (κ2) is 6.99. The van der Waals surface area contributed by atoms with E-state index in [-0.39, 0.29) is 0 Å². The molecule has 0 aliphatic heterocycles. The number of likely N-dealkylation sites (N-methyl/N-ethyl adjacent to an activating group) is 2. The number of aromatic nitrogens is 2. The number of halogens is 1. The van der Waals surface area contributed by atoms with Crippen LogP contribution in [-0.2, 0) is 13.1 Å². The van der Waals surface area contributed by atoms with Gasteiger partial charge in [0.15, 0.2) is 0 Å². The lowest BCUT2D eigenvalue weighted by Gasteiger charge is -2.17. The van der Waals surface area contributed by atoms with Gasteiger partial charge in [-0.05, 0) is 27.4 Å². The molecule has 0 saturated carbocycles. The van der Waals surface area contributed by atoms with Gasteiger partial charge in [0.25, 0.3) is 0 Å². The molecule has 98 valence electrons. The molecule has 1 rings (SSSR count). The Kier molecular flexibility index (Phi) is 5.95. The number of hydrogen-bond acceptors (Lipinski definition) is 3. The van der Waals surface area contributed by atoms with Gasteiger partial charge < -0.3 is 5.32 Å². The molecule has 1 N–H and O–H groups in total. The maximum atomic E-state index is 6.27. The maximum absolute atomic E-state index is 6.27. The van der Waals surface area contributed by atoms with E-state index >= 15 is 0 Å². The van der Waals surface area contributed by atoms with Crippen LogP contribution in [0.1, 0.15) is 25.2 Å². The molecule has 0 spiro atoms. The number of nitrogens with one attached hydrogen (secondary N) is 1. The van der Waals surface area contributed by atoms with Gasteiger partial charge in [-0.3, -0.25) is 9.58 Å². The number of aryl methyl sites for hydroxylation is 2.